The normalized spacial score (nSPS) is 11.8. The minimum atomic E-state index is -0.299. The van der Waals surface area contributed by atoms with E-state index in [-0.39, 0.29) is 17.7 Å². The highest BCUT2D eigenvalue weighted by atomic mass is 19.1. The van der Waals surface area contributed by atoms with E-state index in [9.17, 15) is 8.78 Å². The molecule has 1 atom stereocenters. The number of aromatic amines is 1. The number of nitrogens with zero attached hydrogens (tertiary/aromatic N) is 4. The summed E-state index contributed by atoms with van der Waals surface area (Å²) in [5.74, 6) is 0.603. The Hall–Kier alpha value is -3.88. The summed E-state index contributed by atoms with van der Waals surface area (Å²) in [6.07, 6.45) is 1.38. The first-order valence-electron chi connectivity index (χ1n) is 8.86. The van der Waals surface area contributed by atoms with Crippen LogP contribution in [0.3, 0.4) is 0 Å². The maximum absolute atomic E-state index is 13.1. The number of rotatable bonds is 6. The number of halogens is 2. The quantitative estimate of drug-likeness (QED) is 0.448. The van der Waals surface area contributed by atoms with Crippen LogP contribution in [0.5, 0.6) is 0 Å². The molecular weight excluding hydrogens is 376 g/mol. The van der Waals surface area contributed by atoms with Crippen LogP contribution in [-0.4, -0.2) is 25.1 Å². The van der Waals surface area contributed by atoms with Gasteiger partial charge in [0.05, 0.1) is 11.7 Å². The Kier molecular flexibility index (Phi) is 5.10. The number of hydrogen-bond donors (Lipinski definition) is 3. The Balaban J connectivity index is 1.45. The Bertz CT molecular complexity index is 1090. The molecule has 0 radical (unpaired) electrons. The van der Waals surface area contributed by atoms with E-state index in [0.29, 0.717) is 17.7 Å². The van der Waals surface area contributed by atoms with Crippen molar-refractivity contribution >= 4 is 17.7 Å². The van der Waals surface area contributed by atoms with Gasteiger partial charge in [-0.25, -0.2) is 18.7 Å². The zero-order valence-corrected chi connectivity index (χ0v) is 15.4. The number of benzene rings is 2. The van der Waals surface area contributed by atoms with Crippen molar-refractivity contribution in [2.45, 2.75) is 13.0 Å². The first-order valence-corrected chi connectivity index (χ1v) is 8.86. The van der Waals surface area contributed by atoms with Crippen molar-refractivity contribution in [3.8, 4) is 11.3 Å². The lowest BCUT2D eigenvalue weighted by molar-refractivity contribution is 0.626. The zero-order valence-electron chi connectivity index (χ0n) is 15.4. The van der Waals surface area contributed by atoms with Crippen LogP contribution in [0.15, 0.2) is 60.9 Å². The number of anilines is 3. The van der Waals surface area contributed by atoms with Gasteiger partial charge in [-0.05, 0) is 54.4 Å². The lowest BCUT2D eigenvalue weighted by atomic mass is 10.1. The summed E-state index contributed by atoms with van der Waals surface area (Å²) in [7, 11) is 0. The number of hydrogen-bond acceptors (Lipinski definition) is 6. The van der Waals surface area contributed by atoms with E-state index in [1.165, 1.54) is 30.6 Å². The summed E-state index contributed by atoms with van der Waals surface area (Å²) < 4.78 is 26.1. The van der Waals surface area contributed by atoms with Gasteiger partial charge in [0.15, 0.2) is 5.82 Å². The average Bonchev–Trinajstić information content (AvgIpc) is 3.17. The molecule has 4 aromatic rings. The summed E-state index contributed by atoms with van der Waals surface area (Å²) >= 11 is 0. The smallest absolute Gasteiger partial charge is 0.233 e. The first kappa shape index (κ1) is 18.5. The third kappa shape index (κ3) is 4.52. The molecule has 0 aliphatic heterocycles. The topological polar surface area (TPSA) is 91.4 Å². The highest BCUT2D eigenvalue weighted by Gasteiger charge is 2.10. The van der Waals surface area contributed by atoms with Crippen molar-refractivity contribution in [2.75, 3.05) is 10.6 Å². The summed E-state index contributed by atoms with van der Waals surface area (Å²) in [5.41, 5.74) is 2.43. The van der Waals surface area contributed by atoms with E-state index in [4.69, 9.17) is 0 Å². The third-order valence-electron chi connectivity index (χ3n) is 4.26. The van der Waals surface area contributed by atoms with Crippen LogP contribution in [0.1, 0.15) is 18.5 Å². The molecule has 4 rings (SSSR count). The van der Waals surface area contributed by atoms with Gasteiger partial charge < -0.3 is 10.6 Å². The van der Waals surface area contributed by atoms with Gasteiger partial charge in [-0.3, -0.25) is 5.10 Å². The molecule has 0 amide bonds. The molecular formula is C20H17F2N7. The fourth-order valence-electron chi connectivity index (χ4n) is 2.73. The second kappa shape index (κ2) is 8.01. The molecule has 0 aliphatic carbocycles. The fourth-order valence-corrected chi connectivity index (χ4v) is 2.73. The number of aromatic nitrogens is 5. The van der Waals surface area contributed by atoms with E-state index in [0.717, 1.165) is 16.8 Å². The van der Waals surface area contributed by atoms with Crippen molar-refractivity contribution in [3.63, 3.8) is 0 Å². The van der Waals surface area contributed by atoms with Crippen LogP contribution < -0.4 is 10.6 Å². The van der Waals surface area contributed by atoms with Crippen molar-refractivity contribution in [2.24, 2.45) is 0 Å². The average molecular weight is 393 g/mol. The second-order valence-electron chi connectivity index (χ2n) is 6.35. The monoisotopic (exact) mass is 393 g/mol. The zero-order chi connectivity index (χ0) is 20.2. The molecule has 1 unspecified atom stereocenters. The van der Waals surface area contributed by atoms with Gasteiger partial charge in [0, 0.05) is 6.07 Å². The van der Waals surface area contributed by atoms with Gasteiger partial charge in [0.1, 0.15) is 18.0 Å². The summed E-state index contributed by atoms with van der Waals surface area (Å²) in [6.45, 7) is 1.92. The third-order valence-corrected chi connectivity index (χ3v) is 4.26. The van der Waals surface area contributed by atoms with E-state index < -0.39 is 0 Å². The van der Waals surface area contributed by atoms with Crippen LogP contribution in [0, 0.1) is 11.6 Å². The molecule has 9 heteroatoms. The van der Waals surface area contributed by atoms with Gasteiger partial charge in [-0.1, -0.05) is 12.1 Å². The minimum absolute atomic E-state index is 0.124. The number of nitrogens with one attached hydrogen (secondary N) is 3. The maximum Gasteiger partial charge on any atom is 0.233 e. The van der Waals surface area contributed by atoms with Crippen molar-refractivity contribution in [3.05, 3.63) is 78.1 Å². The molecule has 0 saturated heterocycles. The molecule has 2 aromatic carbocycles. The Morgan fingerprint density at radius 1 is 0.897 bits per heavy atom. The largest absolute Gasteiger partial charge is 0.348 e. The standard InChI is InChI=1S/C20H17F2N7/c1-12(13-2-6-15(21)7-3-13)25-19-23-11-24-20(27-19)26-18-10-17(28-29-18)14-4-8-16(22)9-5-14/h2-12H,1H3,(H3,23,24,25,26,27,28,29). The van der Waals surface area contributed by atoms with Crippen LogP contribution in [0.2, 0.25) is 0 Å². The first-order chi connectivity index (χ1) is 14.1. The SMILES string of the molecule is CC(Nc1ncnc(Nc2cc(-c3ccc(F)cc3)[nH]n2)n1)c1ccc(F)cc1. The van der Waals surface area contributed by atoms with E-state index in [2.05, 4.69) is 35.8 Å². The molecule has 0 saturated carbocycles. The van der Waals surface area contributed by atoms with Crippen molar-refractivity contribution in [1.82, 2.24) is 25.1 Å². The molecule has 29 heavy (non-hydrogen) atoms. The van der Waals surface area contributed by atoms with Crippen LogP contribution in [0.25, 0.3) is 11.3 Å². The van der Waals surface area contributed by atoms with E-state index in [1.807, 2.05) is 6.92 Å². The Morgan fingerprint density at radius 2 is 1.55 bits per heavy atom. The van der Waals surface area contributed by atoms with Crippen LogP contribution >= 0.6 is 0 Å². The summed E-state index contributed by atoms with van der Waals surface area (Å²) in [4.78, 5) is 12.5. The van der Waals surface area contributed by atoms with Crippen LogP contribution in [-0.2, 0) is 0 Å². The fraction of sp³-hybridized carbons (Fsp3) is 0.100. The van der Waals surface area contributed by atoms with E-state index >= 15 is 0 Å². The molecule has 0 aliphatic rings. The lowest BCUT2D eigenvalue weighted by Crippen LogP contribution is -2.11. The minimum Gasteiger partial charge on any atom is -0.348 e. The van der Waals surface area contributed by atoms with E-state index in [1.54, 1.807) is 30.3 Å². The predicted octanol–water partition coefficient (Wildman–Crippen LogP) is 4.46. The highest BCUT2D eigenvalue weighted by Crippen LogP contribution is 2.22. The summed E-state index contributed by atoms with van der Waals surface area (Å²) in [6, 6.07) is 14.0. The summed E-state index contributed by atoms with van der Waals surface area (Å²) in [5, 5.41) is 13.2. The van der Waals surface area contributed by atoms with Gasteiger partial charge in [-0.15, -0.1) is 0 Å². The van der Waals surface area contributed by atoms with Gasteiger partial charge in [0.25, 0.3) is 0 Å². The van der Waals surface area contributed by atoms with Gasteiger partial charge in [-0.2, -0.15) is 10.1 Å². The molecule has 0 bridgehead atoms. The molecule has 2 aromatic heterocycles. The number of H-pyrrole nitrogens is 1. The predicted molar refractivity (Wildman–Crippen MR) is 106 cm³/mol. The van der Waals surface area contributed by atoms with Crippen molar-refractivity contribution in [1.29, 1.82) is 0 Å². The molecule has 146 valence electrons. The van der Waals surface area contributed by atoms with Gasteiger partial charge in [0.2, 0.25) is 11.9 Å². The van der Waals surface area contributed by atoms with Crippen LogP contribution in [0.4, 0.5) is 26.5 Å². The Morgan fingerprint density at radius 3 is 2.28 bits per heavy atom. The maximum atomic E-state index is 13.1. The van der Waals surface area contributed by atoms with Crippen molar-refractivity contribution < 1.29 is 8.78 Å². The highest BCUT2D eigenvalue weighted by molar-refractivity contribution is 5.64. The molecule has 0 spiro atoms. The lowest BCUT2D eigenvalue weighted by Gasteiger charge is -2.14. The molecule has 0 fully saturated rings. The van der Waals surface area contributed by atoms with Gasteiger partial charge >= 0.3 is 0 Å². The molecule has 3 N–H and O–H groups in total. The second-order valence-corrected chi connectivity index (χ2v) is 6.35. The molecule has 2 heterocycles. The molecule has 7 nitrogen and oxygen atoms in total. The Labute approximate surface area is 165 Å².